The van der Waals surface area contributed by atoms with E-state index in [9.17, 15) is 13.6 Å². The third-order valence-electron chi connectivity index (χ3n) is 1.69. The number of thioether (sulfide) groups is 1. The standard InChI is InChI=1S/C11H10F2OS/c1-2-9(14)10(12)11(13)15-8-6-4-3-5-7-8/h3-7H,2H2,1H3/b11-10-. The Kier molecular flexibility index (Phi) is 4.49. The Bertz CT molecular complexity index is 373. The quantitative estimate of drug-likeness (QED) is 0.575. The van der Waals surface area contributed by atoms with Crippen LogP contribution in [-0.2, 0) is 4.79 Å². The zero-order valence-corrected chi connectivity index (χ0v) is 8.98. The van der Waals surface area contributed by atoms with Crippen molar-refractivity contribution in [1.82, 2.24) is 0 Å². The first-order valence-corrected chi connectivity index (χ1v) is 5.28. The van der Waals surface area contributed by atoms with Gasteiger partial charge in [0.05, 0.1) is 0 Å². The summed E-state index contributed by atoms with van der Waals surface area (Å²) in [7, 11) is 0. The number of rotatable bonds is 4. The van der Waals surface area contributed by atoms with Gasteiger partial charge in [-0.2, -0.15) is 8.78 Å². The molecular formula is C11H10F2OS. The highest BCUT2D eigenvalue weighted by atomic mass is 32.2. The number of allylic oxidation sites excluding steroid dienone is 1. The normalized spacial score (nSPS) is 12.2. The molecule has 0 aliphatic rings. The minimum atomic E-state index is -1.29. The van der Waals surface area contributed by atoms with Crippen LogP contribution in [0, 0.1) is 0 Å². The number of Topliss-reactive ketones (excluding diaryl/α,β-unsaturated/α-hetero) is 1. The van der Waals surface area contributed by atoms with Crippen LogP contribution in [0.4, 0.5) is 8.78 Å². The van der Waals surface area contributed by atoms with E-state index in [4.69, 9.17) is 0 Å². The van der Waals surface area contributed by atoms with E-state index in [1.54, 1.807) is 30.3 Å². The molecule has 0 spiro atoms. The molecule has 0 unspecified atom stereocenters. The molecule has 0 heterocycles. The zero-order valence-electron chi connectivity index (χ0n) is 8.17. The molecule has 0 N–H and O–H groups in total. The summed E-state index contributed by atoms with van der Waals surface area (Å²) < 4.78 is 26.2. The van der Waals surface area contributed by atoms with Crippen LogP contribution in [0.5, 0.6) is 0 Å². The average Bonchev–Trinajstić information content (AvgIpc) is 2.28. The molecule has 0 saturated carbocycles. The lowest BCUT2D eigenvalue weighted by molar-refractivity contribution is -0.116. The molecule has 1 aromatic carbocycles. The first kappa shape index (κ1) is 11.9. The summed E-state index contributed by atoms with van der Waals surface area (Å²) in [5.74, 6) is -2.10. The summed E-state index contributed by atoms with van der Waals surface area (Å²) >= 11 is 0.612. The fraction of sp³-hybridized carbons (Fsp3) is 0.182. The largest absolute Gasteiger partial charge is 0.291 e. The van der Waals surface area contributed by atoms with Crippen molar-refractivity contribution in [3.8, 4) is 0 Å². The third-order valence-corrected chi connectivity index (χ3v) is 2.56. The highest BCUT2D eigenvalue weighted by Gasteiger charge is 2.14. The van der Waals surface area contributed by atoms with Crippen LogP contribution < -0.4 is 0 Å². The van der Waals surface area contributed by atoms with E-state index in [1.165, 1.54) is 6.92 Å². The van der Waals surface area contributed by atoms with Gasteiger partial charge in [0.25, 0.3) is 0 Å². The number of carbonyl (C=O) groups excluding carboxylic acids is 1. The first-order chi connectivity index (χ1) is 7.15. The lowest BCUT2D eigenvalue weighted by atomic mass is 10.3. The van der Waals surface area contributed by atoms with Crippen LogP contribution in [0.3, 0.4) is 0 Å². The van der Waals surface area contributed by atoms with Crippen molar-refractivity contribution in [1.29, 1.82) is 0 Å². The monoisotopic (exact) mass is 228 g/mol. The predicted octanol–water partition coefficient (Wildman–Crippen LogP) is 3.87. The van der Waals surface area contributed by atoms with Crippen LogP contribution in [0.2, 0.25) is 0 Å². The van der Waals surface area contributed by atoms with Crippen LogP contribution in [0.15, 0.2) is 46.2 Å². The van der Waals surface area contributed by atoms with Crippen molar-refractivity contribution in [2.75, 3.05) is 0 Å². The topological polar surface area (TPSA) is 17.1 Å². The summed E-state index contributed by atoms with van der Waals surface area (Å²) in [4.78, 5) is 11.4. The molecule has 1 aromatic rings. The van der Waals surface area contributed by atoms with Crippen molar-refractivity contribution in [2.24, 2.45) is 0 Å². The number of hydrogen-bond acceptors (Lipinski definition) is 2. The van der Waals surface area contributed by atoms with E-state index in [-0.39, 0.29) is 6.42 Å². The Labute approximate surface area is 91.2 Å². The maximum Gasteiger partial charge on any atom is 0.208 e. The lowest BCUT2D eigenvalue weighted by Gasteiger charge is -1.99. The molecule has 0 bridgehead atoms. The lowest BCUT2D eigenvalue weighted by Crippen LogP contribution is -1.96. The fourth-order valence-corrected chi connectivity index (χ4v) is 1.61. The molecule has 1 nitrogen and oxygen atoms in total. The maximum absolute atomic E-state index is 13.2. The average molecular weight is 228 g/mol. The van der Waals surface area contributed by atoms with Gasteiger partial charge in [0.1, 0.15) is 0 Å². The maximum atomic E-state index is 13.2. The highest BCUT2D eigenvalue weighted by molar-refractivity contribution is 8.03. The number of hydrogen-bond donors (Lipinski definition) is 0. The Morgan fingerprint density at radius 2 is 1.87 bits per heavy atom. The van der Waals surface area contributed by atoms with Gasteiger partial charge in [-0.3, -0.25) is 4.79 Å². The van der Waals surface area contributed by atoms with Crippen molar-refractivity contribution in [3.63, 3.8) is 0 Å². The zero-order chi connectivity index (χ0) is 11.3. The van der Waals surface area contributed by atoms with Gasteiger partial charge in [0.2, 0.25) is 11.0 Å². The van der Waals surface area contributed by atoms with Gasteiger partial charge in [-0.15, -0.1) is 0 Å². The number of benzene rings is 1. The summed E-state index contributed by atoms with van der Waals surface area (Å²) in [5, 5.41) is -1.08. The van der Waals surface area contributed by atoms with Crippen LogP contribution in [0.25, 0.3) is 0 Å². The van der Waals surface area contributed by atoms with E-state index in [1.807, 2.05) is 0 Å². The van der Waals surface area contributed by atoms with Gasteiger partial charge in [0, 0.05) is 11.3 Å². The molecule has 0 aliphatic carbocycles. The molecule has 0 amide bonds. The predicted molar refractivity (Wildman–Crippen MR) is 56.8 cm³/mol. The van der Waals surface area contributed by atoms with E-state index in [0.29, 0.717) is 16.7 Å². The van der Waals surface area contributed by atoms with Crippen LogP contribution >= 0.6 is 11.8 Å². The summed E-state index contributed by atoms with van der Waals surface area (Å²) in [6.07, 6.45) is -0.0331. The minimum absolute atomic E-state index is 0.0331. The Morgan fingerprint density at radius 1 is 1.27 bits per heavy atom. The van der Waals surface area contributed by atoms with Crippen molar-refractivity contribution in [2.45, 2.75) is 18.2 Å². The van der Waals surface area contributed by atoms with Crippen LogP contribution in [0.1, 0.15) is 13.3 Å². The number of carbonyl (C=O) groups is 1. The molecule has 0 radical (unpaired) electrons. The van der Waals surface area contributed by atoms with Crippen molar-refractivity contribution >= 4 is 17.5 Å². The van der Waals surface area contributed by atoms with Gasteiger partial charge >= 0.3 is 0 Å². The van der Waals surface area contributed by atoms with E-state index in [2.05, 4.69) is 0 Å². The molecule has 0 fully saturated rings. The minimum Gasteiger partial charge on any atom is -0.291 e. The molecule has 15 heavy (non-hydrogen) atoms. The Balaban J connectivity index is 2.78. The van der Waals surface area contributed by atoms with Gasteiger partial charge < -0.3 is 0 Å². The number of ketones is 1. The SMILES string of the molecule is CCC(=O)/C(F)=C(\F)Sc1ccccc1. The van der Waals surface area contributed by atoms with E-state index >= 15 is 0 Å². The summed E-state index contributed by atoms with van der Waals surface area (Å²) in [6.45, 7) is 1.49. The van der Waals surface area contributed by atoms with Gasteiger partial charge in [-0.1, -0.05) is 36.9 Å². The van der Waals surface area contributed by atoms with Crippen molar-refractivity contribution < 1.29 is 13.6 Å². The molecular weight excluding hydrogens is 218 g/mol. The molecule has 0 aromatic heterocycles. The van der Waals surface area contributed by atoms with Crippen LogP contribution in [-0.4, -0.2) is 5.78 Å². The second-order valence-corrected chi connectivity index (χ2v) is 3.81. The molecule has 0 aliphatic heterocycles. The molecule has 0 saturated heterocycles. The smallest absolute Gasteiger partial charge is 0.208 e. The van der Waals surface area contributed by atoms with Gasteiger partial charge in [0.15, 0.2) is 5.78 Å². The molecule has 4 heteroatoms. The molecule has 1 rings (SSSR count). The van der Waals surface area contributed by atoms with E-state index < -0.39 is 16.8 Å². The summed E-state index contributed by atoms with van der Waals surface area (Å²) in [6, 6.07) is 8.51. The fourth-order valence-electron chi connectivity index (χ4n) is 0.902. The Morgan fingerprint density at radius 3 is 2.40 bits per heavy atom. The van der Waals surface area contributed by atoms with Crippen molar-refractivity contribution in [3.05, 3.63) is 41.3 Å². The number of halogens is 2. The van der Waals surface area contributed by atoms with Gasteiger partial charge in [-0.05, 0) is 12.1 Å². The van der Waals surface area contributed by atoms with E-state index in [0.717, 1.165) is 0 Å². The van der Waals surface area contributed by atoms with Gasteiger partial charge in [-0.25, -0.2) is 0 Å². The molecule has 80 valence electrons. The third kappa shape index (κ3) is 3.47. The second-order valence-electron chi connectivity index (χ2n) is 2.78. The first-order valence-electron chi connectivity index (χ1n) is 4.46. The highest BCUT2D eigenvalue weighted by Crippen LogP contribution is 2.30. The second kappa shape index (κ2) is 5.66. The molecule has 0 atom stereocenters. The Hall–Kier alpha value is -1.16. The summed E-state index contributed by atoms with van der Waals surface area (Å²) in [5.41, 5.74) is 0.